The lowest BCUT2D eigenvalue weighted by Crippen LogP contribution is -2.16. The highest BCUT2D eigenvalue weighted by Crippen LogP contribution is 2.41. The van der Waals surface area contributed by atoms with E-state index in [1.54, 1.807) is 6.08 Å². The van der Waals surface area contributed by atoms with Crippen molar-refractivity contribution in [1.82, 2.24) is 0 Å². The molecule has 1 unspecified atom stereocenters. The molecule has 2 aromatic carbocycles. The van der Waals surface area contributed by atoms with E-state index in [0.717, 1.165) is 35.6 Å². The zero-order valence-electron chi connectivity index (χ0n) is 17.5. The predicted octanol–water partition coefficient (Wildman–Crippen LogP) is 7.00. The van der Waals surface area contributed by atoms with Gasteiger partial charge in [-0.15, -0.1) is 0 Å². The van der Waals surface area contributed by atoms with Crippen molar-refractivity contribution in [3.63, 3.8) is 0 Å². The van der Waals surface area contributed by atoms with Gasteiger partial charge in [-0.3, -0.25) is 4.99 Å². The Morgan fingerprint density at radius 1 is 1.00 bits per heavy atom. The molecule has 0 bridgehead atoms. The minimum Gasteiger partial charge on any atom is -0.454 e. The number of benzene rings is 2. The van der Waals surface area contributed by atoms with Crippen LogP contribution in [0.2, 0.25) is 0 Å². The summed E-state index contributed by atoms with van der Waals surface area (Å²) in [4.78, 5) is 4.80. The quantitative estimate of drug-likeness (QED) is 0.444. The van der Waals surface area contributed by atoms with Gasteiger partial charge in [0.1, 0.15) is 0 Å². The summed E-state index contributed by atoms with van der Waals surface area (Å²) in [5, 5.41) is 0. The normalized spacial score (nSPS) is 17.7. The van der Waals surface area contributed by atoms with Gasteiger partial charge in [0.2, 0.25) is 6.79 Å². The summed E-state index contributed by atoms with van der Waals surface area (Å²) in [7, 11) is 0. The third kappa shape index (κ3) is 4.94. The number of rotatable bonds is 7. The molecular weight excluding hydrogens is 403 g/mol. The molecule has 1 atom stereocenters. The van der Waals surface area contributed by atoms with Crippen molar-refractivity contribution in [3.8, 4) is 11.5 Å². The number of allylic oxidation sites excluding steroid dienone is 1. The van der Waals surface area contributed by atoms with E-state index in [1.165, 1.54) is 43.4 Å². The number of alkyl halides is 3. The SMILES string of the molecule is CCCCCCC1CN=C(C=Cc2ccc(C(F)(F)F)cc2)c2cc3c(cc21)OCO3. The summed E-state index contributed by atoms with van der Waals surface area (Å²) in [6.45, 7) is 3.12. The first kappa shape index (κ1) is 21.5. The van der Waals surface area contributed by atoms with Crippen LogP contribution >= 0.6 is 0 Å². The third-order valence-corrected chi connectivity index (χ3v) is 5.82. The van der Waals surface area contributed by atoms with Crippen LogP contribution in [0.3, 0.4) is 0 Å². The van der Waals surface area contributed by atoms with Gasteiger partial charge >= 0.3 is 6.18 Å². The Labute approximate surface area is 180 Å². The second-order valence-corrected chi connectivity index (χ2v) is 8.02. The van der Waals surface area contributed by atoms with Gasteiger partial charge in [-0.05, 0) is 47.9 Å². The van der Waals surface area contributed by atoms with Gasteiger partial charge in [0, 0.05) is 18.0 Å². The van der Waals surface area contributed by atoms with Crippen molar-refractivity contribution in [3.05, 3.63) is 64.7 Å². The van der Waals surface area contributed by atoms with Gasteiger partial charge in [0.05, 0.1) is 11.3 Å². The van der Waals surface area contributed by atoms with Crippen LogP contribution in [0.4, 0.5) is 13.2 Å². The Morgan fingerprint density at radius 2 is 1.74 bits per heavy atom. The van der Waals surface area contributed by atoms with Gasteiger partial charge in [-0.2, -0.15) is 13.2 Å². The molecule has 31 heavy (non-hydrogen) atoms. The van der Waals surface area contributed by atoms with Gasteiger partial charge in [0.15, 0.2) is 11.5 Å². The van der Waals surface area contributed by atoms with Crippen molar-refractivity contribution >= 4 is 11.8 Å². The van der Waals surface area contributed by atoms with Crippen LogP contribution in [0.25, 0.3) is 6.08 Å². The fraction of sp³-hybridized carbons (Fsp3) is 0.400. The number of unbranched alkanes of at least 4 members (excludes halogenated alkanes) is 3. The summed E-state index contributed by atoms with van der Waals surface area (Å²) in [5.41, 5.74) is 3.09. The topological polar surface area (TPSA) is 30.8 Å². The molecule has 4 rings (SSSR count). The molecule has 0 spiro atoms. The summed E-state index contributed by atoms with van der Waals surface area (Å²) in [6, 6.07) is 9.19. The Kier molecular flexibility index (Phi) is 6.35. The van der Waals surface area contributed by atoms with Crippen molar-refractivity contribution < 1.29 is 22.6 Å². The number of nitrogens with zero attached hydrogens (tertiary/aromatic N) is 1. The molecule has 0 N–H and O–H groups in total. The van der Waals surface area contributed by atoms with E-state index >= 15 is 0 Å². The van der Waals surface area contributed by atoms with Crippen molar-refractivity contribution in [2.75, 3.05) is 13.3 Å². The highest BCUT2D eigenvalue weighted by atomic mass is 19.4. The minimum absolute atomic E-state index is 0.216. The van der Waals surface area contributed by atoms with Crippen LogP contribution in [0.1, 0.15) is 67.2 Å². The molecular formula is C25H26F3NO2. The Balaban J connectivity index is 1.56. The molecule has 0 saturated carbocycles. The average molecular weight is 429 g/mol. The van der Waals surface area contributed by atoms with E-state index in [2.05, 4.69) is 13.0 Å². The minimum atomic E-state index is -4.33. The van der Waals surface area contributed by atoms with Crippen LogP contribution in [0.5, 0.6) is 11.5 Å². The molecule has 0 radical (unpaired) electrons. The summed E-state index contributed by atoms with van der Waals surface area (Å²) >= 11 is 0. The standard InChI is InChI=1S/C25H26F3NO2/c1-2-3-4-5-6-18-15-29-22(21-14-24-23(13-20(18)21)30-16-31-24)12-9-17-7-10-19(11-8-17)25(26,27)28/h7-14,18H,2-6,15-16H2,1H3. The average Bonchev–Trinajstić information content (AvgIpc) is 3.21. The van der Waals surface area contributed by atoms with Crippen molar-refractivity contribution in [2.45, 2.75) is 51.1 Å². The number of halogens is 3. The first-order valence-corrected chi connectivity index (χ1v) is 10.8. The fourth-order valence-electron chi connectivity index (χ4n) is 4.07. The molecule has 0 amide bonds. The number of aliphatic imine (C=N–C) groups is 1. The molecule has 6 heteroatoms. The molecule has 164 valence electrons. The first-order chi connectivity index (χ1) is 15.0. The second-order valence-electron chi connectivity index (χ2n) is 8.02. The molecule has 0 aromatic heterocycles. The largest absolute Gasteiger partial charge is 0.454 e. The lowest BCUT2D eigenvalue weighted by molar-refractivity contribution is -0.137. The van der Waals surface area contributed by atoms with Crippen LogP contribution in [0.15, 0.2) is 47.5 Å². The highest BCUT2D eigenvalue weighted by Gasteiger charge is 2.30. The van der Waals surface area contributed by atoms with Crippen molar-refractivity contribution in [1.29, 1.82) is 0 Å². The number of hydrogen-bond acceptors (Lipinski definition) is 3. The first-order valence-electron chi connectivity index (χ1n) is 10.8. The molecule has 2 aromatic rings. The number of hydrogen-bond donors (Lipinski definition) is 0. The molecule has 0 aliphatic carbocycles. The zero-order chi connectivity index (χ0) is 21.8. The molecule has 2 aliphatic rings. The maximum atomic E-state index is 12.8. The predicted molar refractivity (Wildman–Crippen MR) is 116 cm³/mol. The van der Waals surface area contributed by atoms with Crippen LogP contribution in [-0.2, 0) is 6.18 Å². The Morgan fingerprint density at radius 3 is 2.45 bits per heavy atom. The Bertz CT molecular complexity index is 977. The van der Waals surface area contributed by atoms with E-state index in [-0.39, 0.29) is 6.79 Å². The molecule has 2 aliphatic heterocycles. The second kappa shape index (κ2) is 9.16. The van der Waals surface area contributed by atoms with Crippen LogP contribution in [0, 0.1) is 0 Å². The summed E-state index contributed by atoms with van der Waals surface area (Å²) in [6.07, 6.45) is 5.25. The fourth-order valence-corrected chi connectivity index (χ4v) is 4.07. The summed E-state index contributed by atoms with van der Waals surface area (Å²) < 4.78 is 49.5. The van der Waals surface area contributed by atoms with E-state index in [1.807, 2.05) is 12.1 Å². The monoisotopic (exact) mass is 429 g/mol. The maximum absolute atomic E-state index is 12.8. The molecule has 0 saturated heterocycles. The number of ether oxygens (including phenoxy) is 2. The maximum Gasteiger partial charge on any atom is 0.416 e. The number of fused-ring (bicyclic) bond motifs is 2. The van der Waals surface area contributed by atoms with Gasteiger partial charge in [0.25, 0.3) is 0 Å². The van der Waals surface area contributed by atoms with E-state index in [0.29, 0.717) is 23.8 Å². The highest BCUT2D eigenvalue weighted by molar-refractivity contribution is 6.12. The smallest absolute Gasteiger partial charge is 0.416 e. The van der Waals surface area contributed by atoms with E-state index < -0.39 is 11.7 Å². The van der Waals surface area contributed by atoms with Crippen molar-refractivity contribution in [2.24, 2.45) is 4.99 Å². The molecule has 2 heterocycles. The third-order valence-electron chi connectivity index (χ3n) is 5.82. The van der Waals surface area contributed by atoms with Crippen LogP contribution < -0.4 is 9.47 Å². The van der Waals surface area contributed by atoms with Gasteiger partial charge in [-0.25, -0.2) is 0 Å². The van der Waals surface area contributed by atoms with E-state index in [4.69, 9.17) is 14.5 Å². The van der Waals surface area contributed by atoms with Crippen LogP contribution in [-0.4, -0.2) is 19.0 Å². The summed E-state index contributed by atoms with van der Waals surface area (Å²) in [5.74, 6) is 1.82. The zero-order valence-corrected chi connectivity index (χ0v) is 17.5. The Hall–Kier alpha value is -2.76. The lowest BCUT2D eigenvalue weighted by Gasteiger charge is -2.24. The van der Waals surface area contributed by atoms with E-state index in [9.17, 15) is 13.2 Å². The molecule has 3 nitrogen and oxygen atoms in total. The van der Waals surface area contributed by atoms with Gasteiger partial charge in [-0.1, -0.05) is 50.8 Å². The molecule has 0 fully saturated rings. The lowest BCUT2D eigenvalue weighted by atomic mass is 9.85. The van der Waals surface area contributed by atoms with Gasteiger partial charge < -0.3 is 9.47 Å².